The average Bonchev–Trinajstić information content (AvgIpc) is 2.82. The van der Waals surface area contributed by atoms with E-state index in [1.54, 1.807) is 0 Å². The van der Waals surface area contributed by atoms with E-state index in [2.05, 4.69) is 17.1 Å². The lowest BCUT2D eigenvalue weighted by Gasteiger charge is -2.17. The first kappa shape index (κ1) is 15.6. The molecule has 1 rings (SSSR count). The fourth-order valence-electron chi connectivity index (χ4n) is 1.83. The Kier molecular flexibility index (Phi) is 6.49. The van der Waals surface area contributed by atoms with Gasteiger partial charge in [0.15, 0.2) is 5.82 Å². The molecule has 19 heavy (non-hydrogen) atoms. The van der Waals surface area contributed by atoms with Crippen LogP contribution in [0.5, 0.6) is 0 Å². The summed E-state index contributed by atoms with van der Waals surface area (Å²) in [5.74, 6) is 0.968. The maximum Gasteiger partial charge on any atom is 0.309 e. The molecule has 0 aliphatic heterocycles. The first-order valence-electron chi connectivity index (χ1n) is 6.64. The van der Waals surface area contributed by atoms with E-state index in [9.17, 15) is 4.79 Å². The summed E-state index contributed by atoms with van der Waals surface area (Å²) < 4.78 is 9.88. The molecule has 0 bridgehead atoms. The molecule has 0 spiro atoms. The van der Waals surface area contributed by atoms with Crippen LogP contribution in [0, 0.1) is 5.92 Å². The first-order valence-corrected chi connectivity index (χ1v) is 6.64. The van der Waals surface area contributed by atoms with Crippen molar-refractivity contribution in [2.45, 2.75) is 39.7 Å². The van der Waals surface area contributed by atoms with E-state index in [1.807, 2.05) is 18.9 Å². The van der Waals surface area contributed by atoms with Gasteiger partial charge >= 0.3 is 5.97 Å². The Morgan fingerprint density at radius 2 is 2.26 bits per heavy atom. The number of hydrogen-bond acceptors (Lipinski definition) is 6. The van der Waals surface area contributed by atoms with Crippen molar-refractivity contribution in [3.8, 4) is 0 Å². The highest BCUT2D eigenvalue weighted by molar-refractivity contribution is 5.71. The van der Waals surface area contributed by atoms with Gasteiger partial charge in [-0.1, -0.05) is 25.4 Å². The van der Waals surface area contributed by atoms with Gasteiger partial charge < -0.3 is 9.26 Å². The van der Waals surface area contributed by atoms with E-state index in [0.717, 1.165) is 25.1 Å². The van der Waals surface area contributed by atoms with E-state index < -0.39 is 0 Å². The third kappa shape index (κ3) is 5.38. The van der Waals surface area contributed by atoms with Gasteiger partial charge in [-0.05, 0) is 13.5 Å². The molecule has 108 valence electrons. The molecule has 0 aliphatic rings. The standard InChI is InChI=1S/C13H23N3O3/c1-5-6-7-11-14-12(19-15-11)9-16(3)8-10(2)13(17)18-4/h10H,5-9H2,1-4H3. The number of carbonyl (C=O) groups is 1. The number of rotatable bonds is 8. The van der Waals surface area contributed by atoms with Gasteiger partial charge in [-0.2, -0.15) is 4.98 Å². The molecule has 1 aromatic rings. The number of nitrogens with zero attached hydrogens (tertiary/aromatic N) is 3. The van der Waals surface area contributed by atoms with Gasteiger partial charge in [-0.3, -0.25) is 9.69 Å². The fourth-order valence-corrected chi connectivity index (χ4v) is 1.83. The molecule has 0 amide bonds. The number of hydrogen-bond donors (Lipinski definition) is 0. The van der Waals surface area contributed by atoms with Crippen LogP contribution in [-0.4, -0.2) is 41.7 Å². The lowest BCUT2D eigenvalue weighted by atomic mass is 10.2. The number of aryl methyl sites for hydroxylation is 1. The predicted octanol–water partition coefficient (Wildman–Crippen LogP) is 1.65. The summed E-state index contributed by atoms with van der Waals surface area (Å²) in [5, 5.41) is 3.93. The van der Waals surface area contributed by atoms with Gasteiger partial charge in [0.2, 0.25) is 5.89 Å². The molecule has 1 unspecified atom stereocenters. The van der Waals surface area contributed by atoms with Crippen LogP contribution >= 0.6 is 0 Å². The summed E-state index contributed by atoms with van der Waals surface area (Å²) in [5.41, 5.74) is 0. The first-order chi connectivity index (χ1) is 9.06. The van der Waals surface area contributed by atoms with Gasteiger partial charge in [0.1, 0.15) is 0 Å². The summed E-state index contributed by atoms with van der Waals surface area (Å²) in [6.45, 7) is 5.10. The second-order valence-electron chi connectivity index (χ2n) is 4.83. The molecule has 6 heteroatoms. The second-order valence-corrected chi connectivity index (χ2v) is 4.83. The highest BCUT2D eigenvalue weighted by atomic mass is 16.5. The molecule has 0 aliphatic carbocycles. The van der Waals surface area contributed by atoms with Gasteiger partial charge in [-0.25, -0.2) is 0 Å². The Hall–Kier alpha value is -1.43. The Labute approximate surface area is 114 Å². The van der Waals surface area contributed by atoms with Crippen molar-refractivity contribution in [2.75, 3.05) is 20.7 Å². The molecule has 6 nitrogen and oxygen atoms in total. The molecule has 0 aromatic carbocycles. The van der Waals surface area contributed by atoms with Crippen LogP contribution in [0.3, 0.4) is 0 Å². The highest BCUT2D eigenvalue weighted by Gasteiger charge is 2.17. The van der Waals surface area contributed by atoms with Crippen molar-refractivity contribution in [3.63, 3.8) is 0 Å². The summed E-state index contributed by atoms with van der Waals surface area (Å²) >= 11 is 0. The van der Waals surface area contributed by atoms with Crippen LogP contribution in [0.2, 0.25) is 0 Å². The van der Waals surface area contributed by atoms with E-state index in [0.29, 0.717) is 19.0 Å². The Balaban J connectivity index is 2.41. The summed E-state index contributed by atoms with van der Waals surface area (Å²) in [7, 11) is 3.31. The molecule has 0 saturated heterocycles. The number of aromatic nitrogens is 2. The van der Waals surface area contributed by atoms with E-state index in [-0.39, 0.29) is 11.9 Å². The number of carbonyl (C=O) groups excluding carboxylic acids is 1. The number of esters is 1. The van der Waals surface area contributed by atoms with Crippen molar-refractivity contribution in [2.24, 2.45) is 5.92 Å². The molecular formula is C13H23N3O3. The smallest absolute Gasteiger partial charge is 0.309 e. The maximum absolute atomic E-state index is 11.3. The lowest BCUT2D eigenvalue weighted by molar-refractivity contribution is -0.145. The average molecular weight is 269 g/mol. The van der Waals surface area contributed by atoms with Crippen LogP contribution in [0.4, 0.5) is 0 Å². The third-order valence-corrected chi connectivity index (χ3v) is 2.86. The van der Waals surface area contributed by atoms with E-state index in [1.165, 1.54) is 7.11 Å². The maximum atomic E-state index is 11.3. The predicted molar refractivity (Wildman–Crippen MR) is 70.4 cm³/mol. The largest absolute Gasteiger partial charge is 0.469 e. The normalized spacial score (nSPS) is 12.7. The van der Waals surface area contributed by atoms with Crippen molar-refractivity contribution < 1.29 is 14.1 Å². The summed E-state index contributed by atoms with van der Waals surface area (Å²) in [6, 6.07) is 0. The molecule has 0 fully saturated rings. The van der Waals surface area contributed by atoms with Crippen LogP contribution in [0.25, 0.3) is 0 Å². The number of unbranched alkanes of at least 4 members (excludes halogenated alkanes) is 1. The highest BCUT2D eigenvalue weighted by Crippen LogP contribution is 2.07. The minimum absolute atomic E-state index is 0.169. The minimum atomic E-state index is -0.207. The minimum Gasteiger partial charge on any atom is -0.469 e. The van der Waals surface area contributed by atoms with Crippen LogP contribution in [0.15, 0.2) is 4.52 Å². The van der Waals surface area contributed by atoms with Crippen LogP contribution in [0.1, 0.15) is 38.4 Å². The van der Waals surface area contributed by atoms with E-state index >= 15 is 0 Å². The molecule has 0 N–H and O–H groups in total. The lowest BCUT2D eigenvalue weighted by Crippen LogP contribution is -2.29. The Morgan fingerprint density at radius 1 is 1.53 bits per heavy atom. The van der Waals surface area contributed by atoms with Gasteiger partial charge in [0, 0.05) is 13.0 Å². The van der Waals surface area contributed by atoms with Crippen LogP contribution < -0.4 is 0 Å². The number of ether oxygens (including phenoxy) is 1. The molecule has 1 heterocycles. The quantitative estimate of drug-likeness (QED) is 0.668. The van der Waals surface area contributed by atoms with E-state index in [4.69, 9.17) is 9.26 Å². The molecule has 1 aromatic heterocycles. The van der Waals surface area contributed by atoms with Gasteiger partial charge in [-0.15, -0.1) is 0 Å². The van der Waals surface area contributed by atoms with Gasteiger partial charge in [0.25, 0.3) is 0 Å². The van der Waals surface area contributed by atoms with Crippen molar-refractivity contribution in [1.29, 1.82) is 0 Å². The van der Waals surface area contributed by atoms with Crippen molar-refractivity contribution >= 4 is 5.97 Å². The molecule has 0 radical (unpaired) electrons. The fraction of sp³-hybridized carbons (Fsp3) is 0.769. The summed E-state index contributed by atoms with van der Waals surface area (Å²) in [6.07, 6.45) is 3.02. The Morgan fingerprint density at radius 3 is 2.89 bits per heavy atom. The SMILES string of the molecule is CCCCc1noc(CN(C)CC(C)C(=O)OC)n1. The zero-order chi connectivity index (χ0) is 14.3. The molecule has 1 atom stereocenters. The van der Waals surface area contributed by atoms with Gasteiger partial charge in [0.05, 0.1) is 19.6 Å². The molecular weight excluding hydrogens is 246 g/mol. The molecule has 0 saturated carbocycles. The second kappa shape index (κ2) is 7.89. The Bertz CT molecular complexity index is 392. The van der Waals surface area contributed by atoms with Crippen LogP contribution in [-0.2, 0) is 22.5 Å². The van der Waals surface area contributed by atoms with Crippen molar-refractivity contribution in [1.82, 2.24) is 15.0 Å². The summed E-state index contributed by atoms with van der Waals surface area (Å²) in [4.78, 5) is 17.6. The monoisotopic (exact) mass is 269 g/mol. The zero-order valence-corrected chi connectivity index (χ0v) is 12.2. The zero-order valence-electron chi connectivity index (χ0n) is 12.2. The number of methoxy groups -OCH3 is 1. The third-order valence-electron chi connectivity index (χ3n) is 2.86. The topological polar surface area (TPSA) is 68.5 Å². The van der Waals surface area contributed by atoms with Crippen molar-refractivity contribution in [3.05, 3.63) is 11.7 Å².